The first-order valence-corrected chi connectivity index (χ1v) is 10.5. The lowest BCUT2D eigenvalue weighted by Gasteiger charge is -2.10. The number of hydrogen-bond acceptors (Lipinski definition) is 4. The minimum atomic E-state index is -0.405. The minimum absolute atomic E-state index is 0.405. The molecule has 4 aromatic rings. The molecular formula is C25H22N2O2S. The van der Waals surface area contributed by atoms with Gasteiger partial charge in [0.25, 0.3) is 0 Å². The summed E-state index contributed by atoms with van der Waals surface area (Å²) < 4.78 is 7.61. The quantitative estimate of drug-likeness (QED) is 0.366. The maximum atomic E-state index is 12.9. The highest BCUT2D eigenvalue weighted by Crippen LogP contribution is 2.39. The second-order valence-electron chi connectivity index (χ2n) is 7.14. The Balaban J connectivity index is 1.75. The van der Waals surface area contributed by atoms with Gasteiger partial charge in [0.05, 0.1) is 21.8 Å². The first kappa shape index (κ1) is 20.0. The average Bonchev–Trinajstić information content (AvgIpc) is 3.06. The standard InChI is InChI=1S/C25H22N2O2S/c1-17-9-13-20(14-10-17)25(28)29-24-23(30-22-15-11-18(2)12-16-22)19(3)26-27(24)21-7-5-4-6-8-21/h4-16H,1-3H3. The monoisotopic (exact) mass is 414 g/mol. The van der Waals surface area contributed by atoms with Crippen LogP contribution in [0.5, 0.6) is 5.88 Å². The number of rotatable bonds is 5. The number of para-hydroxylation sites is 1. The average molecular weight is 415 g/mol. The highest BCUT2D eigenvalue weighted by molar-refractivity contribution is 7.99. The molecule has 0 amide bonds. The molecule has 0 fully saturated rings. The van der Waals surface area contributed by atoms with E-state index in [0.717, 1.165) is 26.7 Å². The van der Waals surface area contributed by atoms with Gasteiger partial charge in [-0.05, 0) is 57.2 Å². The van der Waals surface area contributed by atoms with Crippen LogP contribution in [-0.2, 0) is 0 Å². The van der Waals surface area contributed by atoms with E-state index in [1.165, 1.54) is 5.56 Å². The van der Waals surface area contributed by atoms with Crippen molar-refractivity contribution in [3.05, 3.63) is 101 Å². The summed E-state index contributed by atoms with van der Waals surface area (Å²) in [6.45, 7) is 5.97. The number of nitrogens with zero attached hydrogens (tertiary/aromatic N) is 2. The molecular weight excluding hydrogens is 392 g/mol. The Bertz CT molecular complexity index is 1160. The van der Waals surface area contributed by atoms with Crippen LogP contribution < -0.4 is 4.74 Å². The van der Waals surface area contributed by atoms with E-state index in [2.05, 4.69) is 36.3 Å². The van der Waals surface area contributed by atoms with E-state index in [9.17, 15) is 4.79 Å². The van der Waals surface area contributed by atoms with Gasteiger partial charge in [0, 0.05) is 4.90 Å². The zero-order valence-corrected chi connectivity index (χ0v) is 17.9. The van der Waals surface area contributed by atoms with Crippen molar-refractivity contribution >= 4 is 17.7 Å². The van der Waals surface area contributed by atoms with E-state index in [4.69, 9.17) is 4.74 Å². The zero-order valence-electron chi connectivity index (χ0n) is 17.1. The molecule has 0 saturated carbocycles. The van der Waals surface area contributed by atoms with Crippen molar-refractivity contribution in [1.29, 1.82) is 0 Å². The van der Waals surface area contributed by atoms with Gasteiger partial charge in [-0.2, -0.15) is 9.78 Å². The number of benzene rings is 3. The fourth-order valence-corrected chi connectivity index (χ4v) is 3.92. The number of ether oxygens (including phenoxy) is 1. The van der Waals surface area contributed by atoms with Crippen molar-refractivity contribution < 1.29 is 9.53 Å². The number of carbonyl (C=O) groups is 1. The number of esters is 1. The van der Waals surface area contributed by atoms with Gasteiger partial charge < -0.3 is 4.74 Å². The van der Waals surface area contributed by atoms with Crippen molar-refractivity contribution in [3.8, 4) is 11.6 Å². The third-order valence-corrected chi connectivity index (χ3v) is 5.87. The first-order chi connectivity index (χ1) is 14.5. The highest BCUT2D eigenvalue weighted by Gasteiger charge is 2.22. The molecule has 4 nitrogen and oxygen atoms in total. The van der Waals surface area contributed by atoms with Crippen molar-refractivity contribution in [2.45, 2.75) is 30.6 Å². The van der Waals surface area contributed by atoms with Crippen LogP contribution in [0.3, 0.4) is 0 Å². The predicted molar refractivity (Wildman–Crippen MR) is 120 cm³/mol. The molecule has 0 aliphatic carbocycles. The molecule has 0 aliphatic heterocycles. The molecule has 30 heavy (non-hydrogen) atoms. The van der Waals surface area contributed by atoms with E-state index in [0.29, 0.717) is 11.4 Å². The molecule has 0 atom stereocenters. The van der Waals surface area contributed by atoms with E-state index < -0.39 is 5.97 Å². The summed E-state index contributed by atoms with van der Waals surface area (Å²) in [6, 6.07) is 25.3. The lowest BCUT2D eigenvalue weighted by atomic mass is 10.1. The second kappa shape index (κ2) is 8.59. The fourth-order valence-electron chi connectivity index (χ4n) is 3.00. The summed E-state index contributed by atoms with van der Waals surface area (Å²) in [5.74, 6) is 0.0210. The van der Waals surface area contributed by atoms with Gasteiger partial charge in [-0.1, -0.05) is 65.4 Å². The molecule has 0 unspecified atom stereocenters. The van der Waals surface area contributed by atoms with Crippen LogP contribution in [0.1, 0.15) is 27.2 Å². The Morgan fingerprint density at radius 2 is 1.43 bits per heavy atom. The van der Waals surface area contributed by atoms with Crippen molar-refractivity contribution in [2.24, 2.45) is 0 Å². The van der Waals surface area contributed by atoms with Crippen LogP contribution in [0.15, 0.2) is 88.7 Å². The minimum Gasteiger partial charge on any atom is -0.402 e. The van der Waals surface area contributed by atoms with E-state index >= 15 is 0 Å². The van der Waals surface area contributed by atoms with Gasteiger partial charge in [-0.15, -0.1) is 0 Å². The molecule has 0 radical (unpaired) electrons. The number of aromatic nitrogens is 2. The summed E-state index contributed by atoms with van der Waals surface area (Å²) in [5, 5.41) is 4.67. The topological polar surface area (TPSA) is 44.1 Å². The van der Waals surface area contributed by atoms with E-state index in [1.54, 1.807) is 28.6 Å². The van der Waals surface area contributed by atoms with Gasteiger partial charge in [0.2, 0.25) is 5.88 Å². The fraction of sp³-hybridized carbons (Fsp3) is 0.120. The SMILES string of the molecule is Cc1ccc(Sc2c(C)nn(-c3ccccc3)c2OC(=O)c2ccc(C)cc2)cc1. The molecule has 0 aliphatic rings. The van der Waals surface area contributed by atoms with Crippen LogP contribution >= 0.6 is 11.8 Å². The van der Waals surface area contributed by atoms with Crippen LogP contribution in [0.4, 0.5) is 0 Å². The Morgan fingerprint density at radius 3 is 2.07 bits per heavy atom. The summed E-state index contributed by atoms with van der Waals surface area (Å²) in [7, 11) is 0. The zero-order chi connectivity index (χ0) is 21.1. The summed E-state index contributed by atoms with van der Waals surface area (Å²) in [6.07, 6.45) is 0. The van der Waals surface area contributed by atoms with Gasteiger partial charge in [-0.25, -0.2) is 4.79 Å². The molecule has 0 bridgehead atoms. The molecule has 3 aromatic carbocycles. The van der Waals surface area contributed by atoms with Crippen LogP contribution in [-0.4, -0.2) is 15.7 Å². The highest BCUT2D eigenvalue weighted by atomic mass is 32.2. The van der Waals surface area contributed by atoms with Gasteiger partial charge in [0.1, 0.15) is 0 Å². The van der Waals surface area contributed by atoms with Gasteiger partial charge >= 0.3 is 5.97 Å². The molecule has 4 rings (SSSR count). The number of hydrogen-bond donors (Lipinski definition) is 0. The van der Waals surface area contributed by atoms with Crippen molar-refractivity contribution in [3.63, 3.8) is 0 Å². The Labute approximate surface area is 180 Å². The Kier molecular flexibility index (Phi) is 5.72. The van der Waals surface area contributed by atoms with Gasteiger partial charge in [-0.3, -0.25) is 0 Å². The van der Waals surface area contributed by atoms with Gasteiger partial charge in [0.15, 0.2) is 0 Å². The normalized spacial score (nSPS) is 10.8. The van der Waals surface area contributed by atoms with Crippen molar-refractivity contribution in [1.82, 2.24) is 9.78 Å². The molecule has 0 N–H and O–H groups in total. The maximum Gasteiger partial charge on any atom is 0.344 e. The van der Waals surface area contributed by atoms with E-state index in [1.807, 2.05) is 56.3 Å². The van der Waals surface area contributed by atoms with Crippen LogP contribution in [0, 0.1) is 20.8 Å². The largest absolute Gasteiger partial charge is 0.402 e. The third kappa shape index (κ3) is 4.31. The maximum absolute atomic E-state index is 12.9. The predicted octanol–water partition coefficient (Wildman–Crippen LogP) is 6.17. The number of carbonyl (C=O) groups excluding carboxylic acids is 1. The first-order valence-electron chi connectivity index (χ1n) is 9.69. The van der Waals surface area contributed by atoms with Crippen LogP contribution in [0.2, 0.25) is 0 Å². The second-order valence-corrected chi connectivity index (χ2v) is 8.22. The summed E-state index contributed by atoms with van der Waals surface area (Å²) in [5.41, 5.74) is 4.43. The molecule has 1 heterocycles. The molecule has 1 aromatic heterocycles. The lowest BCUT2D eigenvalue weighted by Crippen LogP contribution is -2.12. The molecule has 0 saturated heterocycles. The lowest BCUT2D eigenvalue weighted by molar-refractivity contribution is 0.0718. The number of aryl methyl sites for hydroxylation is 3. The van der Waals surface area contributed by atoms with Crippen LogP contribution in [0.25, 0.3) is 5.69 Å². The Morgan fingerprint density at radius 1 is 0.833 bits per heavy atom. The smallest absolute Gasteiger partial charge is 0.344 e. The molecule has 150 valence electrons. The molecule has 5 heteroatoms. The van der Waals surface area contributed by atoms with Crippen molar-refractivity contribution in [2.75, 3.05) is 0 Å². The molecule has 0 spiro atoms. The van der Waals surface area contributed by atoms with E-state index in [-0.39, 0.29) is 0 Å². The summed E-state index contributed by atoms with van der Waals surface area (Å²) in [4.78, 5) is 14.8. The Hall–Kier alpha value is -3.31. The third-order valence-electron chi connectivity index (χ3n) is 4.68. The summed E-state index contributed by atoms with van der Waals surface area (Å²) >= 11 is 1.54.